The quantitative estimate of drug-likeness (QED) is 0.548. The molecule has 2 aromatic carbocycles. The van der Waals surface area contributed by atoms with Crippen LogP contribution in [0.15, 0.2) is 52.6 Å². The lowest BCUT2D eigenvalue weighted by Gasteiger charge is -2.12. The van der Waals surface area contributed by atoms with Crippen LogP contribution in [0.2, 0.25) is 0 Å². The first-order valence-corrected chi connectivity index (χ1v) is 9.21. The van der Waals surface area contributed by atoms with E-state index in [0.717, 1.165) is 14.9 Å². The molecular weight excluding hydrogens is 426 g/mol. The second-order valence-corrected chi connectivity index (χ2v) is 7.05. The van der Waals surface area contributed by atoms with E-state index in [-0.39, 0.29) is 12.2 Å². The van der Waals surface area contributed by atoms with Crippen molar-refractivity contribution >= 4 is 45.5 Å². The highest BCUT2D eigenvalue weighted by molar-refractivity contribution is 9.10. The van der Waals surface area contributed by atoms with Gasteiger partial charge in [0.15, 0.2) is 0 Å². The van der Waals surface area contributed by atoms with E-state index in [4.69, 9.17) is 4.74 Å². The van der Waals surface area contributed by atoms with Crippen LogP contribution in [-0.2, 0) is 9.59 Å². The van der Waals surface area contributed by atoms with Crippen molar-refractivity contribution in [1.29, 1.82) is 0 Å². The van der Waals surface area contributed by atoms with Crippen molar-refractivity contribution in [2.75, 3.05) is 19.0 Å². The summed E-state index contributed by atoms with van der Waals surface area (Å²) in [6.45, 7) is 1.53. The lowest BCUT2D eigenvalue weighted by atomic mass is 10.2. The smallest absolute Gasteiger partial charge is 0.329 e. The van der Waals surface area contributed by atoms with Crippen LogP contribution in [-0.4, -0.2) is 36.4 Å². The number of carbonyl (C=O) groups excluding carboxylic acids is 3. The second-order valence-electron chi connectivity index (χ2n) is 6.19. The zero-order chi connectivity index (χ0) is 20.3. The summed E-state index contributed by atoms with van der Waals surface area (Å²) in [6.07, 6.45) is 1.54. The number of hydrogen-bond acceptors (Lipinski definition) is 4. The van der Waals surface area contributed by atoms with E-state index in [2.05, 4.69) is 26.6 Å². The van der Waals surface area contributed by atoms with E-state index in [0.29, 0.717) is 17.0 Å². The molecule has 1 heterocycles. The van der Waals surface area contributed by atoms with Crippen LogP contribution in [0.5, 0.6) is 5.75 Å². The summed E-state index contributed by atoms with van der Waals surface area (Å²) in [5, 5.41) is 5.18. The van der Waals surface area contributed by atoms with Crippen LogP contribution in [0, 0.1) is 6.92 Å². The molecule has 0 atom stereocenters. The molecule has 1 aliphatic rings. The Labute approximate surface area is 170 Å². The fraction of sp³-hybridized carbons (Fsp3) is 0.150. The number of aryl methyl sites for hydroxylation is 1. The van der Waals surface area contributed by atoms with Gasteiger partial charge in [0.2, 0.25) is 5.91 Å². The lowest BCUT2D eigenvalue weighted by Crippen LogP contribution is -2.38. The van der Waals surface area contributed by atoms with Crippen LogP contribution in [0.4, 0.5) is 10.5 Å². The number of imide groups is 1. The maximum absolute atomic E-state index is 12.5. The Balaban J connectivity index is 1.71. The van der Waals surface area contributed by atoms with E-state index in [1.807, 2.05) is 19.1 Å². The molecule has 0 bridgehead atoms. The van der Waals surface area contributed by atoms with Gasteiger partial charge in [0.1, 0.15) is 18.0 Å². The molecule has 0 aliphatic carbocycles. The Morgan fingerprint density at radius 1 is 1.25 bits per heavy atom. The summed E-state index contributed by atoms with van der Waals surface area (Å²) in [5.41, 5.74) is 2.40. The van der Waals surface area contributed by atoms with Crippen molar-refractivity contribution < 1.29 is 19.1 Å². The summed E-state index contributed by atoms with van der Waals surface area (Å²) in [4.78, 5) is 37.8. The Kier molecular flexibility index (Phi) is 5.79. The monoisotopic (exact) mass is 443 g/mol. The number of methoxy groups -OCH3 is 1. The SMILES string of the molecule is COc1ccc(/C=C2/NC(=O)N(CC(=O)Nc3cccc(C)c3)C2=O)cc1Br. The predicted molar refractivity (Wildman–Crippen MR) is 109 cm³/mol. The molecule has 0 aromatic heterocycles. The Morgan fingerprint density at radius 3 is 2.71 bits per heavy atom. The predicted octanol–water partition coefficient (Wildman–Crippen LogP) is 3.30. The van der Waals surface area contributed by atoms with Crippen molar-refractivity contribution in [2.24, 2.45) is 0 Å². The molecule has 28 heavy (non-hydrogen) atoms. The van der Waals surface area contributed by atoms with Crippen molar-refractivity contribution in [3.05, 3.63) is 63.8 Å². The van der Waals surface area contributed by atoms with Crippen LogP contribution in [0.1, 0.15) is 11.1 Å². The Hall–Kier alpha value is -3.13. The minimum atomic E-state index is -0.636. The van der Waals surface area contributed by atoms with Crippen LogP contribution in [0.3, 0.4) is 0 Å². The highest BCUT2D eigenvalue weighted by Crippen LogP contribution is 2.27. The topological polar surface area (TPSA) is 87.7 Å². The van der Waals surface area contributed by atoms with E-state index < -0.39 is 17.8 Å². The molecular formula is C20H18BrN3O4. The van der Waals surface area contributed by atoms with Gasteiger partial charge in [-0.1, -0.05) is 18.2 Å². The van der Waals surface area contributed by atoms with E-state index in [1.165, 1.54) is 0 Å². The fourth-order valence-corrected chi connectivity index (χ4v) is 3.28. The molecule has 2 N–H and O–H groups in total. The third-order valence-electron chi connectivity index (χ3n) is 4.05. The molecule has 1 saturated heterocycles. The van der Waals surface area contributed by atoms with Crippen molar-refractivity contribution in [3.8, 4) is 5.75 Å². The number of anilines is 1. The molecule has 0 spiro atoms. The molecule has 144 valence electrons. The van der Waals surface area contributed by atoms with Gasteiger partial charge in [-0.3, -0.25) is 9.59 Å². The molecule has 2 aromatic rings. The molecule has 7 nitrogen and oxygen atoms in total. The number of nitrogens with zero attached hydrogens (tertiary/aromatic N) is 1. The molecule has 1 aliphatic heterocycles. The normalized spacial score (nSPS) is 15.0. The number of rotatable bonds is 5. The van der Waals surface area contributed by atoms with Gasteiger partial charge in [-0.15, -0.1) is 0 Å². The summed E-state index contributed by atoms with van der Waals surface area (Å²) < 4.78 is 5.89. The number of nitrogens with one attached hydrogen (secondary N) is 2. The zero-order valence-electron chi connectivity index (χ0n) is 15.3. The summed E-state index contributed by atoms with van der Waals surface area (Å²) in [7, 11) is 1.55. The number of urea groups is 1. The van der Waals surface area contributed by atoms with Gasteiger partial charge in [-0.25, -0.2) is 9.69 Å². The number of hydrogen-bond donors (Lipinski definition) is 2. The molecule has 0 saturated carbocycles. The molecule has 3 rings (SSSR count). The number of ether oxygens (including phenoxy) is 1. The molecule has 0 unspecified atom stereocenters. The Morgan fingerprint density at radius 2 is 2.04 bits per heavy atom. The first-order valence-electron chi connectivity index (χ1n) is 8.42. The minimum Gasteiger partial charge on any atom is -0.496 e. The zero-order valence-corrected chi connectivity index (χ0v) is 16.9. The molecule has 0 radical (unpaired) electrons. The summed E-state index contributed by atoms with van der Waals surface area (Å²) in [5.74, 6) is -0.364. The highest BCUT2D eigenvalue weighted by Gasteiger charge is 2.34. The number of amides is 4. The van der Waals surface area contributed by atoms with Gasteiger partial charge in [0.25, 0.3) is 5.91 Å². The fourth-order valence-electron chi connectivity index (χ4n) is 2.72. The Bertz CT molecular complexity index is 987. The third-order valence-corrected chi connectivity index (χ3v) is 4.67. The number of benzene rings is 2. The third kappa shape index (κ3) is 4.40. The molecule has 8 heteroatoms. The van der Waals surface area contributed by atoms with Crippen LogP contribution >= 0.6 is 15.9 Å². The molecule has 1 fully saturated rings. The van der Waals surface area contributed by atoms with Crippen molar-refractivity contribution in [3.63, 3.8) is 0 Å². The summed E-state index contributed by atoms with van der Waals surface area (Å²) in [6, 6.07) is 11.9. The first-order chi connectivity index (χ1) is 13.4. The van der Waals surface area contributed by atoms with Gasteiger partial charge >= 0.3 is 6.03 Å². The maximum Gasteiger partial charge on any atom is 0.329 e. The summed E-state index contributed by atoms with van der Waals surface area (Å²) >= 11 is 3.37. The van der Waals surface area contributed by atoms with Crippen LogP contribution in [0.25, 0.3) is 6.08 Å². The average molecular weight is 444 g/mol. The largest absolute Gasteiger partial charge is 0.496 e. The standard InChI is InChI=1S/C20H18BrN3O4/c1-12-4-3-5-14(8-12)22-18(25)11-24-19(26)16(23-20(24)27)10-13-6-7-17(28-2)15(21)9-13/h3-10H,11H2,1-2H3,(H,22,25)(H,23,27)/b16-10+. The van der Waals surface area contributed by atoms with Gasteiger partial charge in [-0.2, -0.15) is 0 Å². The van der Waals surface area contributed by atoms with Gasteiger partial charge in [0.05, 0.1) is 11.6 Å². The van der Waals surface area contributed by atoms with Gasteiger partial charge in [-0.05, 0) is 64.3 Å². The highest BCUT2D eigenvalue weighted by atomic mass is 79.9. The number of carbonyl (C=O) groups is 3. The second kappa shape index (κ2) is 8.26. The lowest BCUT2D eigenvalue weighted by molar-refractivity contribution is -0.127. The maximum atomic E-state index is 12.5. The van der Waals surface area contributed by atoms with E-state index in [9.17, 15) is 14.4 Å². The van der Waals surface area contributed by atoms with Gasteiger partial charge in [0, 0.05) is 5.69 Å². The number of halogens is 1. The van der Waals surface area contributed by atoms with E-state index in [1.54, 1.807) is 43.5 Å². The van der Waals surface area contributed by atoms with Crippen molar-refractivity contribution in [1.82, 2.24) is 10.2 Å². The van der Waals surface area contributed by atoms with Gasteiger partial charge < -0.3 is 15.4 Å². The average Bonchev–Trinajstić information content (AvgIpc) is 2.89. The molecule has 4 amide bonds. The first kappa shape index (κ1) is 19.6. The minimum absolute atomic E-state index is 0.102. The van der Waals surface area contributed by atoms with Crippen LogP contribution < -0.4 is 15.4 Å². The van der Waals surface area contributed by atoms with E-state index >= 15 is 0 Å². The van der Waals surface area contributed by atoms with Crippen molar-refractivity contribution in [2.45, 2.75) is 6.92 Å².